The van der Waals surface area contributed by atoms with Crippen LogP contribution in [0.3, 0.4) is 0 Å². The summed E-state index contributed by atoms with van der Waals surface area (Å²) < 4.78 is 23.4. The van der Waals surface area contributed by atoms with Gasteiger partial charge in [-0.1, -0.05) is 47.1 Å². The smallest absolute Gasteiger partial charge is 0.251 e. The third-order valence-corrected chi connectivity index (χ3v) is 8.38. The molecule has 4 rings (SSSR count). The zero-order valence-electron chi connectivity index (χ0n) is 15.1. The molecule has 0 bridgehead atoms. The van der Waals surface area contributed by atoms with Crippen LogP contribution in [0.1, 0.15) is 15.9 Å². The fraction of sp³-hybridized carbons (Fsp3) is 0.263. The maximum absolute atomic E-state index is 12.5. The minimum Gasteiger partial charge on any atom is -0.348 e. The first-order chi connectivity index (χ1) is 13.8. The van der Waals surface area contributed by atoms with Crippen LogP contribution in [0.5, 0.6) is 0 Å². The number of amidine groups is 1. The summed E-state index contributed by atoms with van der Waals surface area (Å²) in [5, 5.41) is 7.64. The lowest BCUT2D eigenvalue weighted by Crippen LogP contribution is -2.23. The molecule has 2 aliphatic rings. The lowest BCUT2D eigenvalue weighted by atomic mass is 10.1. The van der Waals surface area contributed by atoms with Gasteiger partial charge in [0.2, 0.25) is 0 Å². The molecule has 0 aromatic heterocycles. The largest absolute Gasteiger partial charge is 0.348 e. The predicted molar refractivity (Wildman–Crippen MR) is 119 cm³/mol. The summed E-state index contributed by atoms with van der Waals surface area (Å²) in [6.07, 6.45) is 0. The zero-order chi connectivity index (χ0) is 20.6. The molecule has 6 nitrogen and oxygen atoms in total. The van der Waals surface area contributed by atoms with Gasteiger partial charge in [0.15, 0.2) is 15.0 Å². The molecule has 0 radical (unpaired) electrons. The molecule has 2 aromatic rings. The number of anilines is 1. The molecule has 29 heavy (non-hydrogen) atoms. The number of nitrogens with one attached hydrogen (secondary N) is 2. The average molecular weight is 470 g/mol. The van der Waals surface area contributed by atoms with Crippen LogP contribution in [-0.4, -0.2) is 42.3 Å². The third-order valence-electron chi connectivity index (χ3n) is 4.65. The molecule has 0 unspecified atom stereocenters. The van der Waals surface area contributed by atoms with E-state index in [0.717, 1.165) is 5.56 Å². The van der Waals surface area contributed by atoms with E-state index in [1.807, 2.05) is 12.1 Å². The minimum atomic E-state index is -3.00. The Morgan fingerprint density at radius 3 is 2.62 bits per heavy atom. The number of halogens is 2. The Morgan fingerprint density at radius 2 is 1.90 bits per heavy atom. The third kappa shape index (κ3) is 4.88. The Hall–Kier alpha value is -1.74. The van der Waals surface area contributed by atoms with E-state index < -0.39 is 9.84 Å². The summed E-state index contributed by atoms with van der Waals surface area (Å²) in [6.45, 7) is 0.377. The van der Waals surface area contributed by atoms with Gasteiger partial charge in [-0.3, -0.25) is 9.79 Å². The van der Waals surface area contributed by atoms with Crippen molar-refractivity contribution >= 4 is 61.6 Å². The molecule has 2 aliphatic heterocycles. The number of fused-ring (bicyclic) bond motifs is 1. The second-order valence-electron chi connectivity index (χ2n) is 6.86. The standard InChI is InChI=1S/C19H17Cl2N3O3S2/c20-13-4-1-11(2-5-13)8-22-18(25)12-3-6-14(21)15(7-12)23-19-24-16-9-29(26,27)10-17(16)28-19/h1-7,16-17H,8-10H2,(H,22,25)(H,23,24)/t16-,17+/m0/s1. The quantitative estimate of drug-likeness (QED) is 0.713. The van der Waals surface area contributed by atoms with Gasteiger partial charge >= 0.3 is 0 Å². The van der Waals surface area contributed by atoms with Gasteiger partial charge in [0.25, 0.3) is 5.91 Å². The highest BCUT2D eigenvalue weighted by molar-refractivity contribution is 8.15. The SMILES string of the molecule is O=C(NCc1ccc(Cl)cc1)c1ccc(Cl)c(NC2=N[C@H]3CS(=O)(=O)C[C@H]3S2)c1. The number of sulfone groups is 1. The van der Waals surface area contributed by atoms with Crippen molar-refractivity contribution in [2.45, 2.75) is 17.8 Å². The number of amides is 1. The van der Waals surface area contributed by atoms with Crippen LogP contribution in [0.2, 0.25) is 10.0 Å². The van der Waals surface area contributed by atoms with Crippen LogP contribution in [-0.2, 0) is 16.4 Å². The van der Waals surface area contributed by atoms with Gasteiger partial charge in [-0.2, -0.15) is 0 Å². The molecule has 1 amide bonds. The second-order valence-corrected chi connectivity index (χ2v) is 11.1. The fourth-order valence-electron chi connectivity index (χ4n) is 3.18. The molecule has 10 heteroatoms. The minimum absolute atomic E-state index is 0.0628. The topological polar surface area (TPSA) is 87.6 Å². The van der Waals surface area contributed by atoms with E-state index in [0.29, 0.717) is 33.0 Å². The first-order valence-electron chi connectivity index (χ1n) is 8.83. The van der Waals surface area contributed by atoms with E-state index in [9.17, 15) is 13.2 Å². The van der Waals surface area contributed by atoms with Crippen molar-refractivity contribution in [3.63, 3.8) is 0 Å². The number of thioether (sulfide) groups is 1. The summed E-state index contributed by atoms with van der Waals surface area (Å²) in [6, 6.07) is 12.0. The van der Waals surface area contributed by atoms with Crippen LogP contribution in [0.4, 0.5) is 5.69 Å². The number of carbonyl (C=O) groups excluding carboxylic acids is 1. The Kier molecular flexibility index (Phi) is 5.79. The van der Waals surface area contributed by atoms with Gasteiger partial charge in [-0.05, 0) is 35.9 Å². The van der Waals surface area contributed by atoms with Crippen molar-refractivity contribution in [2.75, 3.05) is 16.8 Å². The summed E-state index contributed by atoms with van der Waals surface area (Å²) in [4.78, 5) is 17.0. The van der Waals surface area contributed by atoms with Crippen LogP contribution in [0.15, 0.2) is 47.5 Å². The van der Waals surface area contributed by atoms with Crippen molar-refractivity contribution in [3.05, 3.63) is 63.6 Å². The Bertz CT molecular complexity index is 1090. The van der Waals surface area contributed by atoms with Gasteiger partial charge in [0, 0.05) is 22.4 Å². The lowest BCUT2D eigenvalue weighted by Gasteiger charge is -2.11. The van der Waals surface area contributed by atoms with Crippen LogP contribution >= 0.6 is 35.0 Å². The monoisotopic (exact) mass is 469 g/mol. The molecule has 1 fully saturated rings. The fourth-order valence-corrected chi connectivity index (χ4v) is 7.14. The Balaban J connectivity index is 1.42. The van der Waals surface area contributed by atoms with E-state index in [4.69, 9.17) is 23.2 Å². The maximum Gasteiger partial charge on any atom is 0.251 e. The van der Waals surface area contributed by atoms with Crippen LogP contribution in [0.25, 0.3) is 0 Å². The number of rotatable bonds is 4. The summed E-state index contributed by atoms with van der Waals surface area (Å²) in [5.74, 6) is -0.0159. The first kappa shape index (κ1) is 20.5. The molecule has 0 aliphatic carbocycles. The van der Waals surface area contributed by atoms with Crippen molar-refractivity contribution in [2.24, 2.45) is 4.99 Å². The highest BCUT2D eigenvalue weighted by Gasteiger charge is 2.42. The molecular weight excluding hydrogens is 453 g/mol. The molecule has 2 aromatic carbocycles. The normalized spacial score (nSPS) is 22.1. The van der Waals surface area contributed by atoms with Crippen molar-refractivity contribution in [1.29, 1.82) is 0 Å². The lowest BCUT2D eigenvalue weighted by molar-refractivity contribution is 0.0951. The molecule has 0 saturated carbocycles. The van der Waals surface area contributed by atoms with Gasteiger partial charge < -0.3 is 10.6 Å². The molecule has 1 saturated heterocycles. The highest BCUT2D eigenvalue weighted by atomic mass is 35.5. The van der Waals surface area contributed by atoms with Crippen molar-refractivity contribution < 1.29 is 13.2 Å². The van der Waals surface area contributed by atoms with Gasteiger partial charge in [0.1, 0.15) is 0 Å². The van der Waals surface area contributed by atoms with E-state index in [1.165, 1.54) is 11.8 Å². The number of benzene rings is 2. The molecular formula is C19H17Cl2N3O3S2. The van der Waals surface area contributed by atoms with Gasteiger partial charge in [0.05, 0.1) is 28.3 Å². The summed E-state index contributed by atoms with van der Waals surface area (Å²) in [5.41, 5.74) is 1.95. The van der Waals surface area contributed by atoms with E-state index in [-0.39, 0.29) is 28.7 Å². The Morgan fingerprint density at radius 1 is 1.14 bits per heavy atom. The maximum atomic E-state index is 12.5. The number of hydrogen-bond acceptors (Lipinski definition) is 6. The highest BCUT2D eigenvalue weighted by Crippen LogP contribution is 2.35. The number of hydrogen-bond donors (Lipinski definition) is 2. The van der Waals surface area contributed by atoms with Crippen LogP contribution < -0.4 is 10.6 Å². The number of aliphatic imine (C=N–C) groups is 1. The average Bonchev–Trinajstić information content (AvgIpc) is 3.15. The predicted octanol–water partition coefficient (Wildman–Crippen LogP) is 3.60. The zero-order valence-corrected chi connectivity index (χ0v) is 18.2. The second kappa shape index (κ2) is 8.18. The number of carbonyl (C=O) groups is 1. The first-order valence-corrected chi connectivity index (χ1v) is 12.3. The van der Waals surface area contributed by atoms with Crippen LogP contribution in [0, 0.1) is 0 Å². The van der Waals surface area contributed by atoms with Crippen molar-refractivity contribution in [1.82, 2.24) is 5.32 Å². The van der Waals surface area contributed by atoms with Gasteiger partial charge in [-0.15, -0.1) is 0 Å². The number of nitrogens with zero attached hydrogens (tertiary/aromatic N) is 1. The van der Waals surface area contributed by atoms with E-state index in [1.54, 1.807) is 30.3 Å². The van der Waals surface area contributed by atoms with Crippen molar-refractivity contribution in [3.8, 4) is 0 Å². The molecule has 2 atom stereocenters. The van der Waals surface area contributed by atoms with E-state index >= 15 is 0 Å². The van der Waals surface area contributed by atoms with E-state index in [2.05, 4.69) is 15.6 Å². The molecule has 2 heterocycles. The summed E-state index contributed by atoms with van der Waals surface area (Å²) in [7, 11) is -3.00. The molecule has 152 valence electrons. The molecule has 2 N–H and O–H groups in total. The molecule has 0 spiro atoms. The van der Waals surface area contributed by atoms with Gasteiger partial charge in [-0.25, -0.2) is 8.42 Å². The Labute approximate surface area is 183 Å². The summed E-state index contributed by atoms with van der Waals surface area (Å²) >= 11 is 13.5.